The van der Waals surface area contributed by atoms with Gasteiger partial charge in [-0.3, -0.25) is 18.6 Å². The summed E-state index contributed by atoms with van der Waals surface area (Å²) in [5.74, 6) is -1.09. The number of aliphatic hydroxyl groups excluding tert-OH is 5. The third-order valence-electron chi connectivity index (χ3n) is 12.6. The fourth-order valence-electron chi connectivity index (χ4n) is 8.34. The second kappa shape index (κ2) is 41.6. The quantitative estimate of drug-likeness (QED) is 0.0145. The molecule has 0 aliphatic heterocycles. The van der Waals surface area contributed by atoms with Crippen LogP contribution in [0.3, 0.4) is 0 Å². The van der Waals surface area contributed by atoms with E-state index < -0.39 is 75.7 Å². The van der Waals surface area contributed by atoms with Crippen LogP contribution < -0.4 is 0 Å². The van der Waals surface area contributed by atoms with Gasteiger partial charge in [0.1, 0.15) is 43.2 Å². The third-order valence-corrected chi connectivity index (χ3v) is 13.6. The summed E-state index contributed by atoms with van der Waals surface area (Å²) in [7, 11) is -5.12. The zero-order valence-electron chi connectivity index (χ0n) is 41.1. The number of rotatable bonds is 45. The van der Waals surface area contributed by atoms with E-state index in [1.165, 1.54) is 154 Å². The Morgan fingerprint density at radius 3 is 1.17 bits per heavy atom. The lowest BCUT2D eigenvalue weighted by atomic mass is 9.85. The molecule has 0 aromatic rings. The van der Waals surface area contributed by atoms with E-state index in [1.807, 2.05) is 0 Å². The third kappa shape index (κ3) is 33.7. The molecule has 0 amide bonds. The van der Waals surface area contributed by atoms with Crippen LogP contribution in [0.2, 0.25) is 0 Å². The molecule has 0 spiro atoms. The van der Waals surface area contributed by atoms with Crippen LogP contribution in [-0.2, 0) is 32.7 Å². The van der Waals surface area contributed by atoms with Crippen molar-refractivity contribution in [2.75, 3.05) is 13.2 Å². The van der Waals surface area contributed by atoms with E-state index in [9.17, 15) is 44.6 Å². The molecule has 8 atom stereocenters. The first kappa shape index (κ1) is 61.6. The number of carbonyl (C=O) groups is 2. The molecular formula is C51H97O13P. The molecule has 6 N–H and O–H groups in total. The van der Waals surface area contributed by atoms with E-state index in [1.54, 1.807) is 0 Å². The number of unbranched alkanes of at least 4 members (excludes halogenated alkanes) is 31. The maximum absolute atomic E-state index is 12.9. The smallest absolute Gasteiger partial charge is 0.462 e. The molecule has 384 valence electrons. The minimum Gasteiger partial charge on any atom is -0.462 e. The predicted molar refractivity (Wildman–Crippen MR) is 258 cm³/mol. The lowest BCUT2D eigenvalue weighted by Crippen LogP contribution is -2.64. The van der Waals surface area contributed by atoms with Crippen molar-refractivity contribution in [1.82, 2.24) is 0 Å². The minimum absolute atomic E-state index is 0.0963. The number of esters is 2. The highest BCUT2D eigenvalue weighted by Crippen LogP contribution is 2.47. The van der Waals surface area contributed by atoms with Crippen LogP contribution >= 0.6 is 7.82 Å². The van der Waals surface area contributed by atoms with Gasteiger partial charge in [-0.1, -0.05) is 206 Å². The zero-order chi connectivity index (χ0) is 47.8. The van der Waals surface area contributed by atoms with Gasteiger partial charge in [-0.05, 0) is 38.5 Å². The standard InChI is InChI=1S/C51H97O13P/c1-3-5-7-9-11-13-15-17-19-21-22-24-25-27-29-31-33-35-37-39-44(52)61-41-43(42-62-65(59,60)64-51-49(57)47(55)46(54)48(56)50(51)58)63-45(53)40-38-36-34-32-30-28-26-23-20-18-16-14-12-10-8-6-4-2/h18,20,43,46-51,54-58H,3-17,19,21-42H2,1-2H3,(H,59,60)/b20-18-/t43-,46?,47-,48?,49?,50?,51?/m1/s1. The minimum atomic E-state index is -5.12. The van der Waals surface area contributed by atoms with E-state index in [4.69, 9.17) is 18.5 Å². The van der Waals surface area contributed by atoms with Crippen LogP contribution in [0.4, 0.5) is 0 Å². The summed E-state index contributed by atoms with van der Waals surface area (Å²) in [6.45, 7) is 3.34. The van der Waals surface area contributed by atoms with E-state index in [2.05, 4.69) is 26.0 Å². The number of phosphoric acid groups is 1. The highest BCUT2D eigenvalue weighted by molar-refractivity contribution is 7.47. The molecule has 0 saturated heterocycles. The van der Waals surface area contributed by atoms with Gasteiger partial charge in [-0.2, -0.15) is 0 Å². The number of aliphatic hydroxyl groups is 5. The molecule has 0 bridgehead atoms. The van der Waals surface area contributed by atoms with Gasteiger partial charge in [0.15, 0.2) is 6.10 Å². The second-order valence-corrected chi connectivity index (χ2v) is 20.1. The van der Waals surface area contributed by atoms with Crippen molar-refractivity contribution in [1.29, 1.82) is 0 Å². The summed E-state index contributed by atoms with van der Waals surface area (Å²) >= 11 is 0. The number of ether oxygens (including phenoxy) is 2. The fourth-order valence-corrected chi connectivity index (χ4v) is 9.32. The summed E-state index contributed by atoms with van der Waals surface area (Å²) in [6, 6.07) is 0. The summed E-state index contributed by atoms with van der Waals surface area (Å²) in [4.78, 5) is 35.8. The van der Waals surface area contributed by atoms with Crippen molar-refractivity contribution in [2.45, 2.75) is 288 Å². The van der Waals surface area contributed by atoms with Crippen LogP contribution in [0.1, 0.15) is 245 Å². The van der Waals surface area contributed by atoms with Gasteiger partial charge in [0.2, 0.25) is 0 Å². The Kier molecular flexibility index (Phi) is 39.4. The topological polar surface area (TPSA) is 210 Å². The zero-order valence-corrected chi connectivity index (χ0v) is 41.9. The lowest BCUT2D eigenvalue weighted by Gasteiger charge is -2.41. The van der Waals surface area contributed by atoms with Gasteiger partial charge in [-0.25, -0.2) is 4.57 Å². The molecular weight excluding hydrogens is 852 g/mol. The molecule has 6 unspecified atom stereocenters. The largest absolute Gasteiger partial charge is 0.472 e. The molecule has 13 nitrogen and oxygen atoms in total. The Morgan fingerprint density at radius 1 is 0.462 bits per heavy atom. The number of carbonyl (C=O) groups excluding carboxylic acids is 2. The average molecular weight is 949 g/mol. The maximum Gasteiger partial charge on any atom is 0.472 e. The van der Waals surface area contributed by atoms with Crippen LogP contribution in [0.15, 0.2) is 12.2 Å². The van der Waals surface area contributed by atoms with Crippen molar-refractivity contribution < 1.29 is 63.1 Å². The molecule has 1 rings (SSSR count). The fraction of sp³-hybridized carbons (Fsp3) is 0.922. The lowest BCUT2D eigenvalue weighted by molar-refractivity contribution is -0.220. The van der Waals surface area contributed by atoms with Crippen LogP contribution in [0, 0.1) is 0 Å². The monoisotopic (exact) mass is 949 g/mol. The second-order valence-electron chi connectivity index (χ2n) is 18.7. The number of hydrogen-bond donors (Lipinski definition) is 6. The van der Waals surface area contributed by atoms with E-state index in [0.29, 0.717) is 12.8 Å². The van der Waals surface area contributed by atoms with Crippen LogP contribution in [-0.4, -0.2) is 98.3 Å². The molecule has 1 aliphatic carbocycles. The number of phosphoric ester groups is 1. The summed E-state index contributed by atoms with van der Waals surface area (Å²) in [5.41, 5.74) is 0. The van der Waals surface area contributed by atoms with Gasteiger partial charge in [0.25, 0.3) is 0 Å². The molecule has 0 heterocycles. The van der Waals surface area contributed by atoms with Gasteiger partial charge in [-0.15, -0.1) is 0 Å². The van der Waals surface area contributed by atoms with E-state index in [-0.39, 0.29) is 12.8 Å². The van der Waals surface area contributed by atoms with Gasteiger partial charge >= 0.3 is 19.8 Å². The Hall–Kier alpha value is -1.41. The van der Waals surface area contributed by atoms with Gasteiger partial charge in [0.05, 0.1) is 6.61 Å². The van der Waals surface area contributed by atoms with Crippen molar-refractivity contribution in [3.05, 3.63) is 12.2 Å². The van der Waals surface area contributed by atoms with Crippen molar-refractivity contribution in [3.63, 3.8) is 0 Å². The highest BCUT2D eigenvalue weighted by atomic mass is 31.2. The Labute approximate surface area is 394 Å². The molecule has 1 fully saturated rings. The molecule has 0 radical (unpaired) electrons. The Bertz CT molecular complexity index is 1190. The number of allylic oxidation sites excluding steroid dienone is 2. The predicted octanol–water partition coefficient (Wildman–Crippen LogP) is 11.4. The van der Waals surface area contributed by atoms with Crippen molar-refractivity contribution in [2.24, 2.45) is 0 Å². The van der Waals surface area contributed by atoms with Gasteiger partial charge < -0.3 is 39.9 Å². The first-order chi connectivity index (χ1) is 31.4. The van der Waals surface area contributed by atoms with Crippen molar-refractivity contribution in [3.8, 4) is 0 Å². The first-order valence-corrected chi connectivity index (χ1v) is 28.0. The highest BCUT2D eigenvalue weighted by Gasteiger charge is 2.51. The van der Waals surface area contributed by atoms with Gasteiger partial charge in [0, 0.05) is 12.8 Å². The van der Waals surface area contributed by atoms with Crippen LogP contribution in [0.25, 0.3) is 0 Å². The molecule has 1 saturated carbocycles. The molecule has 0 aromatic heterocycles. The molecule has 1 aliphatic rings. The molecule has 14 heteroatoms. The normalized spacial score (nSPS) is 21.4. The molecule has 65 heavy (non-hydrogen) atoms. The SMILES string of the molecule is CCCCCCCC/C=C\CCCCCCCCCC(=O)O[C@H](COC(=O)CCCCCCCCCCCCCCCCCCCCC)COP(=O)(O)OC1C(O)C(O)C(O)[C@@H](O)C1O. The van der Waals surface area contributed by atoms with E-state index in [0.717, 1.165) is 51.4 Å². The summed E-state index contributed by atoms with van der Waals surface area (Å²) in [6.07, 6.45) is 32.6. The average Bonchev–Trinajstić information content (AvgIpc) is 3.29. The summed E-state index contributed by atoms with van der Waals surface area (Å²) in [5, 5.41) is 50.3. The maximum atomic E-state index is 12.9. The number of hydrogen-bond acceptors (Lipinski definition) is 12. The summed E-state index contributed by atoms with van der Waals surface area (Å²) < 4.78 is 33.7. The Balaban J connectivity index is 2.37. The van der Waals surface area contributed by atoms with Crippen LogP contribution in [0.5, 0.6) is 0 Å². The Morgan fingerprint density at radius 2 is 0.785 bits per heavy atom. The first-order valence-electron chi connectivity index (χ1n) is 26.5. The van der Waals surface area contributed by atoms with Crippen molar-refractivity contribution >= 4 is 19.8 Å². The molecule has 0 aromatic carbocycles. The van der Waals surface area contributed by atoms with E-state index >= 15 is 0 Å².